The topological polar surface area (TPSA) is 48.9 Å². The summed E-state index contributed by atoms with van der Waals surface area (Å²) in [6.45, 7) is 4.88. The molecule has 0 aliphatic heterocycles. The second-order valence-electron chi connectivity index (χ2n) is 7.20. The molecular formula is C20H34N4O. The summed E-state index contributed by atoms with van der Waals surface area (Å²) in [6.07, 6.45) is 5.03. The van der Waals surface area contributed by atoms with Gasteiger partial charge in [-0.25, -0.2) is 0 Å². The Kier molecular flexibility index (Phi) is 7.56. The molecule has 1 atom stereocenters. The van der Waals surface area contributed by atoms with Gasteiger partial charge in [0.05, 0.1) is 0 Å². The normalized spacial score (nSPS) is 17.5. The summed E-state index contributed by atoms with van der Waals surface area (Å²) in [5.74, 6) is 0.886. The zero-order chi connectivity index (χ0) is 18.1. The quantitative estimate of drug-likeness (QED) is 0.533. The molecule has 0 bridgehead atoms. The Bertz CT molecular complexity index is 528. The number of hydrogen-bond acceptors (Lipinski definition) is 3. The molecule has 5 nitrogen and oxygen atoms in total. The number of likely N-dealkylation sites (N-methyl/N-ethyl adjacent to an activating group) is 1. The van der Waals surface area contributed by atoms with Crippen molar-refractivity contribution in [2.24, 2.45) is 10.4 Å². The van der Waals surface area contributed by atoms with E-state index >= 15 is 0 Å². The van der Waals surface area contributed by atoms with E-state index in [9.17, 15) is 0 Å². The van der Waals surface area contributed by atoms with Crippen LogP contribution in [0, 0.1) is 5.41 Å². The van der Waals surface area contributed by atoms with Crippen LogP contribution in [-0.2, 0) is 4.74 Å². The van der Waals surface area contributed by atoms with Crippen LogP contribution in [0.1, 0.15) is 32.6 Å². The van der Waals surface area contributed by atoms with Crippen LogP contribution < -0.4 is 15.5 Å². The van der Waals surface area contributed by atoms with Crippen LogP contribution >= 0.6 is 0 Å². The first-order valence-corrected chi connectivity index (χ1v) is 9.31. The number of nitrogens with one attached hydrogen (secondary N) is 2. The van der Waals surface area contributed by atoms with E-state index in [1.807, 2.05) is 13.1 Å². The minimum atomic E-state index is 0.368. The van der Waals surface area contributed by atoms with Gasteiger partial charge in [-0.2, -0.15) is 0 Å². The molecule has 0 heterocycles. The summed E-state index contributed by atoms with van der Waals surface area (Å²) in [7, 11) is 5.75. The maximum absolute atomic E-state index is 5.27. The van der Waals surface area contributed by atoms with Crippen LogP contribution in [0.25, 0.3) is 0 Å². The van der Waals surface area contributed by atoms with Crippen LogP contribution in [0.3, 0.4) is 0 Å². The molecule has 1 aliphatic carbocycles. The lowest BCUT2D eigenvalue weighted by atomic mass is 9.67. The molecule has 2 rings (SSSR count). The zero-order valence-corrected chi connectivity index (χ0v) is 16.2. The van der Waals surface area contributed by atoms with Crippen molar-refractivity contribution in [3.8, 4) is 0 Å². The van der Waals surface area contributed by atoms with Crippen LogP contribution in [0.15, 0.2) is 35.3 Å². The highest BCUT2D eigenvalue weighted by Gasteiger charge is 2.36. The molecule has 25 heavy (non-hydrogen) atoms. The summed E-state index contributed by atoms with van der Waals surface area (Å²) < 4.78 is 5.27. The van der Waals surface area contributed by atoms with E-state index in [-0.39, 0.29) is 0 Å². The smallest absolute Gasteiger partial charge is 0.191 e. The van der Waals surface area contributed by atoms with Gasteiger partial charge >= 0.3 is 0 Å². The lowest BCUT2D eigenvalue weighted by Crippen LogP contribution is -2.49. The predicted molar refractivity (Wildman–Crippen MR) is 106 cm³/mol. The molecule has 0 amide bonds. The first-order valence-electron chi connectivity index (χ1n) is 9.31. The van der Waals surface area contributed by atoms with Crippen molar-refractivity contribution in [2.45, 2.75) is 38.6 Å². The number of anilines is 1. The van der Waals surface area contributed by atoms with E-state index < -0.39 is 0 Å². The van der Waals surface area contributed by atoms with Gasteiger partial charge < -0.3 is 20.3 Å². The Morgan fingerprint density at radius 1 is 1.28 bits per heavy atom. The first-order chi connectivity index (χ1) is 12.1. The van der Waals surface area contributed by atoms with Crippen molar-refractivity contribution < 1.29 is 4.74 Å². The van der Waals surface area contributed by atoms with Crippen molar-refractivity contribution >= 4 is 11.6 Å². The zero-order valence-electron chi connectivity index (χ0n) is 16.2. The van der Waals surface area contributed by atoms with Crippen molar-refractivity contribution in [3.05, 3.63) is 30.3 Å². The van der Waals surface area contributed by atoms with Gasteiger partial charge in [-0.3, -0.25) is 4.99 Å². The van der Waals surface area contributed by atoms with Gasteiger partial charge in [-0.05, 0) is 43.7 Å². The number of benzene rings is 1. The van der Waals surface area contributed by atoms with Crippen molar-refractivity contribution in [1.82, 2.24) is 10.6 Å². The second kappa shape index (κ2) is 9.66. The third-order valence-corrected chi connectivity index (χ3v) is 5.49. The average Bonchev–Trinajstić information content (AvgIpc) is 2.62. The molecule has 1 aromatic carbocycles. The largest absolute Gasteiger partial charge is 0.385 e. The maximum Gasteiger partial charge on any atom is 0.191 e. The van der Waals surface area contributed by atoms with Gasteiger partial charge in [0.25, 0.3) is 0 Å². The molecule has 0 radical (unpaired) electrons. The molecule has 140 valence electrons. The monoisotopic (exact) mass is 346 g/mol. The van der Waals surface area contributed by atoms with Crippen LogP contribution in [0.2, 0.25) is 0 Å². The summed E-state index contributed by atoms with van der Waals surface area (Å²) >= 11 is 0. The third-order valence-electron chi connectivity index (χ3n) is 5.49. The molecule has 1 aliphatic rings. The van der Waals surface area contributed by atoms with E-state index in [0.717, 1.165) is 32.1 Å². The van der Waals surface area contributed by atoms with Gasteiger partial charge in [0.2, 0.25) is 0 Å². The highest BCUT2D eigenvalue weighted by atomic mass is 16.5. The van der Waals surface area contributed by atoms with E-state index in [1.165, 1.54) is 24.9 Å². The molecule has 2 N–H and O–H groups in total. The highest BCUT2D eigenvalue weighted by molar-refractivity contribution is 5.79. The van der Waals surface area contributed by atoms with Gasteiger partial charge in [0.1, 0.15) is 0 Å². The number of nitrogens with zero attached hydrogens (tertiary/aromatic N) is 2. The summed E-state index contributed by atoms with van der Waals surface area (Å²) in [5, 5.41) is 6.98. The molecule has 0 spiro atoms. The number of methoxy groups -OCH3 is 1. The van der Waals surface area contributed by atoms with Crippen molar-refractivity contribution in [1.29, 1.82) is 0 Å². The van der Waals surface area contributed by atoms with E-state index in [4.69, 9.17) is 4.74 Å². The SMILES string of the molecule is CN=C(NCC(C)N(C)c1ccccc1)NCC1(CCOC)CCC1. The summed E-state index contributed by atoms with van der Waals surface area (Å²) in [4.78, 5) is 6.66. The Hall–Kier alpha value is -1.75. The molecule has 1 aromatic rings. The van der Waals surface area contributed by atoms with E-state index in [0.29, 0.717) is 11.5 Å². The van der Waals surface area contributed by atoms with Gasteiger partial charge in [-0.15, -0.1) is 0 Å². The van der Waals surface area contributed by atoms with Gasteiger partial charge in [0.15, 0.2) is 5.96 Å². The highest BCUT2D eigenvalue weighted by Crippen LogP contribution is 2.43. The Morgan fingerprint density at radius 3 is 2.56 bits per heavy atom. The fourth-order valence-electron chi connectivity index (χ4n) is 3.30. The number of aliphatic imine (C=N–C) groups is 1. The van der Waals surface area contributed by atoms with Crippen molar-refractivity contribution in [3.63, 3.8) is 0 Å². The molecule has 5 heteroatoms. The fourth-order valence-corrected chi connectivity index (χ4v) is 3.30. The number of para-hydroxylation sites is 1. The maximum atomic E-state index is 5.27. The number of guanidine groups is 1. The molecule has 0 aromatic heterocycles. The Morgan fingerprint density at radius 2 is 2.00 bits per heavy atom. The Balaban J connectivity index is 1.78. The number of rotatable bonds is 9. The standard InChI is InChI=1S/C20H34N4O/c1-17(24(3)18-9-6-5-7-10-18)15-22-19(21-2)23-16-20(11-8-12-20)13-14-25-4/h5-7,9-10,17H,8,11-16H2,1-4H3,(H2,21,22,23). The second-order valence-corrected chi connectivity index (χ2v) is 7.20. The fraction of sp³-hybridized carbons (Fsp3) is 0.650. The van der Waals surface area contributed by atoms with Crippen LogP contribution in [-0.4, -0.2) is 52.9 Å². The predicted octanol–water partition coefficient (Wildman–Crippen LogP) is 2.88. The lowest BCUT2D eigenvalue weighted by molar-refractivity contribution is 0.0732. The number of hydrogen-bond donors (Lipinski definition) is 2. The van der Waals surface area contributed by atoms with Crippen molar-refractivity contribution in [2.75, 3.05) is 45.8 Å². The molecule has 0 saturated heterocycles. The third kappa shape index (κ3) is 5.63. The van der Waals surface area contributed by atoms with E-state index in [2.05, 4.69) is 58.8 Å². The number of ether oxygens (including phenoxy) is 1. The molecule has 1 saturated carbocycles. The molecule has 1 unspecified atom stereocenters. The molecular weight excluding hydrogens is 312 g/mol. The lowest BCUT2D eigenvalue weighted by Gasteiger charge is -2.42. The van der Waals surface area contributed by atoms with Crippen LogP contribution in [0.4, 0.5) is 5.69 Å². The minimum Gasteiger partial charge on any atom is -0.385 e. The van der Waals surface area contributed by atoms with Gasteiger partial charge in [0, 0.05) is 52.6 Å². The summed E-state index contributed by atoms with van der Waals surface area (Å²) in [5.41, 5.74) is 1.62. The summed E-state index contributed by atoms with van der Waals surface area (Å²) in [6, 6.07) is 10.8. The van der Waals surface area contributed by atoms with Gasteiger partial charge in [-0.1, -0.05) is 24.6 Å². The van der Waals surface area contributed by atoms with Crippen LogP contribution in [0.5, 0.6) is 0 Å². The average molecular weight is 347 g/mol. The molecule has 1 fully saturated rings. The Labute approximate surface area is 152 Å². The minimum absolute atomic E-state index is 0.368. The van der Waals surface area contributed by atoms with E-state index in [1.54, 1.807) is 7.11 Å². The first kappa shape index (κ1) is 19.6.